The lowest BCUT2D eigenvalue weighted by molar-refractivity contribution is 0.174. The standard InChI is InChI=1S/C15H14FNO3/c1-9(12-6-10(16)2-4-13(12)18)17-11-3-5-14-15(7-11)20-8-19-14/h2-7,9,17-18H,8H2,1H3. The molecule has 0 aromatic heterocycles. The molecule has 104 valence electrons. The Labute approximate surface area is 115 Å². The van der Waals surface area contributed by atoms with E-state index >= 15 is 0 Å². The summed E-state index contributed by atoms with van der Waals surface area (Å²) in [4.78, 5) is 0. The molecule has 2 N–H and O–H groups in total. The summed E-state index contributed by atoms with van der Waals surface area (Å²) in [6.07, 6.45) is 0. The minimum atomic E-state index is -0.378. The predicted molar refractivity (Wildman–Crippen MR) is 72.7 cm³/mol. The number of hydrogen-bond acceptors (Lipinski definition) is 4. The van der Waals surface area contributed by atoms with Crippen molar-refractivity contribution in [2.24, 2.45) is 0 Å². The summed E-state index contributed by atoms with van der Waals surface area (Å²) in [5.74, 6) is 1.06. The summed E-state index contributed by atoms with van der Waals surface area (Å²) in [6, 6.07) is 9.12. The van der Waals surface area contributed by atoms with Gasteiger partial charge in [0.15, 0.2) is 11.5 Å². The molecule has 1 heterocycles. The molecule has 5 heteroatoms. The average molecular weight is 275 g/mol. The van der Waals surface area contributed by atoms with Gasteiger partial charge in [0, 0.05) is 17.3 Å². The molecule has 0 spiro atoms. The van der Waals surface area contributed by atoms with Crippen LogP contribution in [0.5, 0.6) is 17.2 Å². The zero-order valence-corrected chi connectivity index (χ0v) is 10.9. The summed E-state index contributed by atoms with van der Waals surface area (Å²) in [5, 5.41) is 13.0. The fraction of sp³-hybridized carbons (Fsp3) is 0.200. The minimum Gasteiger partial charge on any atom is -0.508 e. The Hall–Kier alpha value is -2.43. The summed E-state index contributed by atoms with van der Waals surface area (Å²) in [6.45, 7) is 2.07. The van der Waals surface area contributed by atoms with Gasteiger partial charge < -0.3 is 19.9 Å². The molecule has 0 aliphatic carbocycles. The second kappa shape index (κ2) is 4.92. The molecule has 0 saturated heterocycles. The molecule has 1 unspecified atom stereocenters. The van der Waals surface area contributed by atoms with Crippen molar-refractivity contribution in [1.82, 2.24) is 0 Å². The molecule has 4 nitrogen and oxygen atoms in total. The fourth-order valence-corrected chi connectivity index (χ4v) is 2.19. The summed E-state index contributed by atoms with van der Waals surface area (Å²) in [5.41, 5.74) is 1.31. The second-order valence-corrected chi connectivity index (χ2v) is 4.64. The molecular weight excluding hydrogens is 261 g/mol. The summed E-state index contributed by atoms with van der Waals surface area (Å²) >= 11 is 0. The van der Waals surface area contributed by atoms with Crippen molar-refractivity contribution in [3.05, 3.63) is 47.8 Å². The van der Waals surface area contributed by atoms with E-state index in [1.54, 1.807) is 0 Å². The third kappa shape index (κ3) is 2.34. The molecule has 2 aromatic carbocycles. The number of halogens is 1. The van der Waals surface area contributed by atoms with Crippen LogP contribution in [0.15, 0.2) is 36.4 Å². The lowest BCUT2D eigenvalue weighted by Gasteiger charge is -2.17. The van der Waals surface area contributed by atoms with E-state index in [-0.39, 0.29) is 24.4 Å². The van der Waals surface area contributed by atoms with Crippen LogP contribution < -0.4 is 14.8 Å². The molecule has 0 amide bonds. The molecule has 1 atom stereocenters. The van der Waals surface area contributed by atoms with E-state index in [0.717, 1.165) is 5.69 Å². The van der Waals surface area contributed by atoms with Crippen LogP contribution >= 0.6 is 0 Å². The van der Waals surface area contributed by atoms with Gasteiger partial charge in [0.25, 0.3) is 0 Å². The van der Waals surface area contributed by atoms with E-state index in [1.165, 1.54) is 18.2 Å². The largest absolute Gasteiger partial charge is 0.508 e. The van der Waals surface area contributed by atoms with Crippen molar-refractivity contribution in [3.63, 3.8) is 0 Å². The van der Waals surface area contributed by atoms with Crippen LogP contribution in [0.3, 0.4) is 0 Å². The Morgan fingerprint density at radius 2 is 1.95 bits per heavy atom. The van der Waals surface area contributed by atoms with Crippen LogP contribution in [0.25, 0.3) is 0 Å². The number of phenols is 1. The number of nitrogens with one attached hydrogen (secondary N) is 1. The van der Waals surface area contributed by atoms with Crippen molar-refractivity contribution in [1.29, 1.82) is 0 Å². The highest BCUT2D eigenvalue weighted by Crippen LogP contribution is 2.36. The fourth-order valence-electron chi connectivity index (χ4n) is 2.19. The topological polar surface area (TPSA) is 50.7 Å². The normalized spacial score (nSPS) is 14.1. The van der Waals surface area contributed by atoms with Crippen molar-refractivity contribution in [2.75, 3.05) is 12.1 Å². The molecule has 0 saturated carbocycles. The first-order chi connectivity index (χ1) is 9.63. The highest BCUT2D eigenvalue weighted by Gasteiger charge is 2.15. The Morgan fingerprint density at radius 1 is 1.15 bits per heavy atom. The summed E-state index contributed by atoms with van der Waals surface area (Å²) < 4.78 is 23.8. The van der Waals surface area contributed by atoms with Crippen LogP contribution in [0.4, 0.5) is 10.1 Å². The van der Waals surface area contributed by atoms with E-state index in [1.807, 2.05) is 25.1 Å². The number of rotatable bonds is 3. The SMILES string of the molecule is CC(Nc1ccc2c(c1)OCO2)c1cc(F)ccc1O. The minimum absolute atomic E-state index is 0.0622. The number of ether oxygens (including phenoxy) is 2. The molecule has 0 radical (unpaired) electrons. The van der Waals surface area contributed by atoms with Crippen LogP contribution in [-0.2, 0) is 0 Å². The molecule has 1 aliphatic heterocycles. The zero-order chi connectivity index (χ0) is 14.1. The number of phenolic OH excluding ortho intramolecular Hbond substituents is 1. The third-order valence-electron chi connectivity index (χ3n) is 3.21. The van der Waals surface area contributed by atoms with Gasteiger partial charge in [-0.3, -0.25) is 0 Å². The number of anilines is 1. The van der Waals surface area contributed by atoms with Crippen molar-refractivity contribution in [3.8, 4) is 17.2 Å². The van der Waals surface area contributed by atoms with Crippen molar-refractivity contribution >= 4 is 5.69 Å². The smallest absolute Gasteiger partial charge is 0.231 e. The van der Waals surface area contributed by atoms with E-state index in [0.29, 0.717) is 17.1 Å². The number of fused-ring (bicyclic) bond motifs is 1. The third-order valence-corrected chi connectivity index (χ3v) is 3.21. The van der Waals surface area contributed by atoms with E-state index < -0.39 is 0 Å². The zero-order valence-electron chi connectivity index (χ0n) is 10.9. The first kappa shape index (κ1) is 12.6. The van der Waals surface area contributed by atoms with Crippen LogP contribution in [0.1, 0.15) is 18.5 Å². The van der Waals surface area contributed by atoms with Crippen LogP contribution in [0, 0.1) is 5.82 Å². The number of benzene rings is 2. The van der Waals surface area contributed by atoms with Crippen LogP contribution in [-0.4, -0.2) is 11.9 Å². The van der Waals surface area contributed by atoms with Crippen molar-refractivity contribution < 1.29 is 19.0 Å². The van der Waals surface area contributed by atoms with Crippen molar-refractivity contribution in [2.45, 2.75) is 13.0 Å². The lowest BCUT2D eigenvalue weighted by atomic mass is 10.1. The van der Waals surface area contributed by atoms with Gasteiger partial charge in [-0.2, -0.15) is 0 Å². The molecule has 0 bridgehead atoms. The van der Waals surface area contributed by atoms with Crippen LogP contribution in [0.2, 0.25) is 0 Å². The van der Waals surface area contributed by atoms with E-state index in [4.69, 9.17) is 9.47 Å². The van der Waals surface area contributed by atoms with Gasteiger partial charge in [0.05, 0.1) is 6.04 Å². The first-order valence-electron chi connectivity index (χ1n) is 6.28. The maximum Gasteiger partial charge on any atom is 0.231 e. The number of hydrogen-bond donors (Lipinski definition) is 2. The Kier molecular flexibility index (Phi) is 3.10. The molecule has 20 heavy (non-hydrogen) atoms. The predicted octanol–water partition coefficient (Wildman–Crippen LogP) is 3.43. The highest BCUT2D eigenvalue weighted by molar-refractivity contribution is 5.57. The maximum absolute atomic E-state index is 13.3. The van der Waals surface area contributed by atoms with E-state index in [9.17, 15) is 9.50 Å². The number of aromatic hydroxyl groups is 1. The van der Waals surface area contributed by atoms with Gasteiger partial charge in [-0.15, -0.1) is 0 Å². The molecule has 1 aliphatic rings. The first-order valence-corrected chi connectivity index (χ1v) is 6.28. The van der Waals surface area contributed by atoms with Gasteiger partial charge in [0.1, 0.15) is 11.6 Å². The quantitative estimate of drug-likeness (QED) is 0.901. The highest BCUT2D eigenvalue weighted by atomic mass is 19.1. The molecule has 0 fully saturated rings. The Bertz CT molecular complexity index is 645. The van der Waals surface area contributed by atoms with Gasteiger partial charge in [-0.1, -0.05) is 0 Å². The Morgan fingerprint density at radius 3 is 2.80 bits per heavy atom. The maximum atomic E-state index is 13.3. The second-order valence-electron chi connectivity index (χ2n) is 4.64. The molecular formula is C15H14FNO3. The Balaban J connectivity index is 1.82. The van der Waals surface area contributed by atoms with Gasteiger partial charge in [0.2, 0.25) is 6.79 Å². The lowest BCUT2D eigenvalue weighted by Crippen LogP contribution is -2.07. The summed E-state index contributed by atoms with van der Waals surface area (Å²) in [7, 11) is 0. The molecule has 2 aromatic rings. The van der Waals surface area contributed by atoms with Gasteiger partial charge in [-0.05, 0) is 37.3 Å². The van der Waals surface area contributed by atoms with Gasteiger partial charge in [-0.25, -0.2) is 4.39 Å². The molecule has 3 rings (SSSR count). The van der Waals surface area contributed by atoms with Gasteiger partial charge >= 0.3 is 0 Å². The van der Waals surface area contributed by atoms with E-state index in [2.05, 4.69) is 5.32 Å². The average Bonchev–Trinajstić information content (AvgIpc) is 2.89. The monoisotopic (exact) mass is 275 g/mol.